The van der Waals surface area contributed by atoms with Crippen molar-refractivity contribution in [2.45, 2.75) is 46.8 Å². The van der Waals surface area contributed by atoms with Gasteiger partial charge in [-0.05, 0) is 103 Å². The molecule has 8 nitrogen and oxygen atoms in total. The Morgan fingerprint density at radius 3 is 2.04 bits per heavy atom. The SMILES string of the molecule is COc1ccc(COc2ccc(Oc3c(C)cc(/C=C/C(=O)N4CCN(Cc5ccc(C(C)COc6ccc(C)cc6)cc5)CC4)cc3C)nc2)cc1.Cl. The Balaban J connectivity index is 0.00000561. The van der Waals surface area contributed by atoms with Gasteiger partial charge < -0.3 is 23.8 Å². The number of hydrogen-bond acceptors (Lipinski definition) is 7. The van der Waals surface area contributed by atoms with Crippen LogP contribution in [-0.4, -0.2) is 60.6 Å². The molecule has 1 saturated heterocycles. The number of hydrogen-bond donors (Lipinski definition) is 0. The van der Waals surface area contributed by atoms with Crippen molar-refractivity contribution in [2.75, 3.05) is 39.9 Å². The van der Waals surface area contributed by atoms with Gasteiger partial charge >= 0.3 is 0 Å². The van der Waals surface area contributed by atoms with Gasteiger partial charge in [-0.15, -0.1) is 12.4 Å². The molecule has 1 unspecified atom stereocenters. The fourth-order valence-corrected chi connectivity index (χ4v) is 6.31. The lowest BCUT2D eigenvalue weighted by atomic mass is 10.0. The average Bonchev–Trinajstić information content (AvgIpc) is 3.18. The number of amides is 1. The first-order valence-corrected chi connectivity index (χ1v) is 18.2. The molecule has 4 aromatic carbocycles. The van der Waals surface area contributed by atoms with Crippen LogP contribution in [0, 0.1) is 20.8 Å². The largest absolute Gasteiger partial charge is 0.497 e. The highest BCUT2D eigenvalue weighted by atomic mass is 35.5. The van der Waals surface area contributed by atoms with Crippen LogP contribution >= 0.6 is 12.4 Å². The number of ether oxygens (including phenoxy) is 4. The summed E-state index contributed by atoms with van der Waals surface area (Å²) < 4.78 is 23.3. The minimum absolute atomic E-state index is 0. The third-order valence-corrected chi connectivity index (χ3v) is 9.54. The summed E-state index contributed by atoms with van der Waals surface area (Å²) in [5.74, 6) is 3.94. The predicted octanol–water partition coefficient (Wildman–Crippen LogP) is 9.35. The maximum absolute atomic E-state index is 13.1. The molecule has 1 aliphatic heterocycles. The van der Waals surface area contributed by atoms with Crippen molar-refractivity contribution in [1.82, 2.24) is 14.8 Å². The minimum atomic E-state index is 0. The van der Waals surface area contributed by atoms with Crippen molar-refractivity contribution in [3.05, 3.63) is 148 Å². The zero-order valence-corrected chi connectivity index (χ0v) is 32.6. The van der Waals surface area contributed by atoms with Crippen molar-refractivity contribution in [3.63, 3.8) is 0 Å². The Kier molecular flexibility index (Phi) is 14.1. The van der Waals surface area contributed by atoms with E-state index >= 15 is 0 Å². The monoisotopic (exact) mass is 747 g/mol. The summed E-state index contributed by atoms with van der Waals surface area (Å²) in [6.07, 6.45) is 5.23. The third-order valence-electron chi connectivity index (χ3n) is 9.54. The minimum Gasteiger partial charge on any atom is -0.497 e. The summed E-state index contributed by atoms with van der Waals surface area (Å²) in [6.45, 7) is 13.3. The molecule has 0 spiro atoms. The number of carbonyl (C=O) groups excluding carboxylic acids is 1. The third kappa shape index (κ3) is 11.1. The first-order chi connectivity index (χ1) is 25.7. The van der Waals surface area contributed by atoms with Crippen LogP contribution in [0.2, 0.25) is 0 Å². The molecule has 5 aromatic rings. The molecule has 54 heavy (non-hydrogen) atoms. The van der Waals surface area contributed by atoms with E-state index < -0.39 is 0 Å². The van der Waals surface area contributed by atoms with Crippen molar-refractivity contribution in [3.8, 4) is 28.9 Å². The van der Waals surface area contributed by atoms with Crippen molar-refractivity contribution >= 4 is 24.4 Å². The number of benzene rings is 4. The maximum Gasteiger partial charge on any atom is 0.246 e. The molecular weight excluding hydrogens is 698 g/mol. The molecule has 2 heterocycles. The number of piperazine rings is 1. The summed E-state index contributed by atoms with van der Waals surface area (Å²) in [5, 5.41) is 0. The second kappa shape index (κ2) is 19.1. The smallest absolute Gasteiger partial charge is 0.246 e. The molecule has 1 aliphatic rings. The van der Waals surface area contributed by atoms with Gasteiger partial charge in [-0.1, -0.05) is 61.0 Å². The van der Waals surface area contributed by atoms with Crippen LogP contribution in [0.5, 0.6) is 28.9 Å². The van der Waals surface area contributed by atoms with Gasteiger partial charge in [0.05, 0.1) is 19.9 Å². The number of nitrogens with zero attached hydrogens (tertiary/aromatic N) is 3. The highest BCUT2D eigenvalue weighted by Gasteiger charge is 2.20. The van der Waals surface area contributed by atoms with Crippen LogP contribution < -0.4 is 18.9 Å². The van der Waals surface area contributed by atoms with E-state index in [4.69, 9.17) is 18.9 Å². The van der Waals surface area contributed by atoms with Crippen molar-refractivity contribution in [1.29, 1.82) is 0 Å². The zero-order valence-electron chi connectivity index (χ0n) is 31.8. The quantitative estimate of drug-likeness (QED) is 0.105. The highest BCUT2D eigenvalue weighted by molar-refractivity contribution is 5.92. The lowest BCUT2D eigenvalue weighted by molar-refractivity contribution is -0.127. The van der Waals surface area contributed by atoms with Gasteiger partial charge in [-0.3, -0.25) is 9.69 Å². The second-order valence-corrected chi connectivity index (χ2v) is 13.8. The van der Waals surface area contributed by atoms with Gasteiger partial charge in [-0.25, -0.2) is 4.98 Å². The summed E-state index contributed by atoms with van der Waals surface area (Å²) >= 11 is 0. The van der Waals surface area contributed by atoms with E-state index in [1.54, 1.807) is 25.4 Å². The van der Waals surface area contributed by atoms with E-state index in [1.165, 1.54) is 16.7 Å². The lowest BCUT2D eigenvalue weighted by Gasteiger charge is -2.34. The van der Waals surface area contributed by atoms with Crippen LogP contribution in [0.4, 0.5) is 0 Å². The molecule has 1 amide bonds. The molecule has 6 rings (SSSR count). The molecule has 1 atom stereocenters. The molecule has 1 aromatic heterocycles. The van der Waals surface area contributed by atoms with Crippen molar-refractivity contribution < 1.29 is 23.7 Å². The first-order valence-electron chi connectivity index (χ1n) is 18.2. The summed E-state index contributed by atoms with van der Waals surface area (Å²) in [6, 6.07) is 32.5. The molecule has 0 radical (unpaired) electrons. The topological polar surface area (TPSA) is 73.4 Å². The number of pyridine rings is 1. The summed E-state index contributed by atoms with van der Waals surface area (Å²) in [4.78, 5) is 21.9. The lowest BCUT2D eigenvalue weighted by Crippen LogP contribution is -2.47. The standard InChI is InChI=1S/C45H49N3O5.ClH/c1-32-6-15-41(16-7-32)51-30-35(4)39-13-8-36(9-14-39)29-47-22-24-48(25-23-47)44(49)21-12-38-26-33(2)45(34(3)27-38)53-43-20-19-42(28-46-43)52-31-37-10-17-40(50-5)18-11-37;/h6-21,26-28,35H,22-25,29-31H2,1-5H3;1H/b21-12+;. The van der Waals surface area contributed by atoms with Crippen LogP contribution in [0.15, 0.2) is 109 Å². The van der Waals surface area contributed by atoms with E-state index in [0.717, 1.165) is 59.1 Å². The van der Waals surface area contributed by atoms with E-state index in [9.17, 15) is 4.79 Å². The fraction of sp³-hybridized carbons (Fsp3) is 0.289. The fourth-order valence-electron chi connectivity index (χ4n) is 6.31. The number of carbonyl (C=O) groups is 1. The van der Waals surface area contributed by atoms with E-state index in [2.05, 4.69) is 60.1 Å². The zero-order chi connectivity index (χ0) is 37.2. The first kappa shape index (κ1) is 39.9. The molecule has 0 aliphatic carbocycles. The maximum atomic E-state index is 13.1. The van der Waals surface area contributed by atoms with Gasteiger partial charge in [-0.2, -0.15) is 0 Å². The number of halogens is 1. The van der Waals surface area contributed by atoms with Crippen LogP contribution in [0.25, 0.3) is 6.08 Å². The van der Waals surface area contributed by atoms with Crippen molar-refractivity contribution in [2.24, 2.45) is 0 Å². The molecule has 0 saturated carbocycles. The van der Waals surface area contributed by atoms with Gasteiger partial charge in [0, 0.05) is 50.8 Å². The van der Waals surface area contributed by atoms with Gasteiger partial charge in [0.15, 0.2) is 0 Å². The second-order valence-electron chi connectivity index (χ2n) is 13.8. The number of aromatic nitrogens is 1. The number of methoxy groups -OCH3 is 1. The molecular formula is C45H50ClN3O5. The summed E-state index contributed by atoms with van der Waals surface area (Å²) in [7, 11) is 1.65. The molecule has 282 valence electrons. The van der Waals surface area contributed by atoms with E-state index in [0.29, 0.717) is 43.9 Å². The summed E-state index contributed by atoms with van der Waals surface area (Å²) in [5.41, 5.74) is 7.69. The van der Waals surface area contributed by atoms with E-state index in [-0.39, 0.29) is 18.3 Å². The van der Waals surface area contributed by atoms with Gasteiger partial charge in [0.1, 0.15) is 29.6 Å². The number of rotatable bonds is 14. The van der Waals surface area contributed by atoms with Crippen LogP contribution in [0.1, 0.15) is 51.8 Å². The molecule has 1 fully saturated rings. The Morgan fingerprint density at radius 2 is 1.41 bits per heavy atom. The van der Waals surface area contributed by atoms with Gasteiger partial charge in [0.2, 0.25) is 11.8 Å². The normalized spacial score (nSPS) is 13.6. The van der Waals surface area contributed by atoms with E-state index in [1.807, 2.05) is 79.4 Å². The van der Waals surface area contributed by atoms with Gasteiger partial charge in [0.25, 0.3) is 0 Å². The Morgan fingerprint density at radius 1 is 0.778 bits per heavy atom. The number of aryl methyl sites for hydroxylation is 3. The molecule has 9 heteroatoms. The Hall–Kier alpha value is -5.31. The molecule has 0 bridgehead atoms. The predicted molar refractivity (Wildman–Crippen MR) is 217 cm³/mol. The highest BCUT2D eigenvalue weighted by Crippen LogP contribution is 2.30. The Bertz CT molecular complexity index is 1950. The van der Waals surface area contributed by atoms with Crippen LogP contribution in [-0.2, 0) is 17.9 Å². The Labute approximate surface area is 325 Å². The van der Waals surface area contributed by atoms with Crippen LogP contribution in [0.3, 0.4) is 0 Å². The average molecular weight is 748 g/mol. The molecule has 0 N–H and O–H groups in total.